The van der Waals surface area contributed by atoms with Gasteiger partial charge in [-0.25, -0.2) is 4.99 Å². The van der Waals surface area contributed by atoms with Gasteiger partial charge in [-0.2, -0.15) is 0 Å². The second-order valence-corrected chi connectivity index (χ2v) is 6.93. The van der Waals surface area contributed by atoms with Crippen LogP contribution in [0.25, 0.3) is 10.9 Å². The SMILES string of the molecule is CNc1cc(Oc2ccnc3cc(OC)c(OC)cc23)ccc1C(N)=Nc1ccccc1. The Hall–Kier alpha value is -4.26. The average molecular weight is 428 g/mol. The first-order valence-corrected chi connectivity index (χ1v) is 10.0. The topological polar surface area (TPSA) is 91.0 Å². The zero-order valence-corrected chi connectivity index (χ0v) is 18.1. The van der Waals surface area contributed by atoms with E-state index in [4.69, 9.17) is 19.9 Å². The Bertz CT molecular complexity index is 1270. The third kappa shape index (κ3) is 4.27. The fourth-order valence-electron chi connectivity index (χ4n) is 3.38. The summed E-state index contributed by atoms with van der Waals surface area (Å²) in [4.78, 5) is 8.93. The molecule has 0 aliphatic carbocycles. The molecule has 0 saturated heterocycles. The maximum atomic E-state index is 6.27. The molecule has 0 amide bonds. The lowest BCUT2D eigenvalue weighted by atomic mass is 10.1. The lowest BCUT2D eigenvalue weighted by Crippen LogP contribution is -2.15. The monoisotopic (exact) mass is 428 g/mol. The number of rotatable bonds is 7. The molecule has 0 spiro atoms. The zero-order valence-electron chi connectivity index (χ0n) is 18.1. The number of hydrogen-bond acceptors (Lipinski definition) is 6. The largest absolute Gasteiger partial charge is 0.493 e. The van der Waals surface area contributed by atoms with Gasteiger partial charge in [0, 0.05) is 42.0 Å². The van der Waals surface area contributed by atoms with E-state index in [1.807, 2.05) is 73.8 Å². The standard InChI is InChI=1S/C25H24N4O3/c1-27-20-13-17(9-10-18(20)25(26)29-16-7-5-4-6-8-16)32-22-11-12-28-21-15-24(31-3)23(30-2)14-19(21)22/h4-15,27H,1-3H3,(H2,26,29). The van der Waals surface area contributed by atoms with Crippen LogP contribution in [0.2, 0.25) is 0 Å². The van der Waals surface area contributed by atoms with Gasteiger partial charge in [-0.05, 0) is 36.4 Å². The molecular formula is C25H24N4O3. The molecule has 0 bridgehead atoms. The minimum absolute atomic E-state index is 0.415. The van der Waals surface area contributed by atoms with E-state index in [1.54, 1.807) is 20.4 Å². The number of hydrogen-bond donors (Lipinski definition) is 2. The molecule has 0 aliphatic heterocycles. The third-order valence-corrected chi connectivity index (χ3v) is 4.98. The average Bonchev–Trinajstić information content (AvgIpc) is 2.83. The van der Waals surface area contributed by atoms with Crippen molar-refractivity contribution in [3.8, 4) is 23.0 Å². The molecule has 3 N–H and O–H groups in total. The van der Waals surface area contributed by atoms with Crippen molar-refractivity contribution in [2.75, 3.05) is 26.6 Å². The quantitative estimate of drug-likeness (QED) is 0.313. The van der Waals surface area contributed by atoms with Gasteiger partial charge in [-0.1, -0.05) is 18.2 Å². The number of nitrogens with one attached hydrogen (secondary N) is 1. The smallest absolute Gasteiger partial charge is 0.162 e. The van der Waals surface area contributed by atoms with Crippen LogP contribution in [0.5, 0.6) is 23.0 Å². The van der Waals surface area contributed by atoms with Gasteiger partial charge in [0.25, 0.3) is 0 Å². The highest BCUT2D eigenvalue weighted by molar-refractivity contribution is 6.04. The van der Waals surface area contributed by atoms with Crippen molar-refractivity contribution in [1.82, 2.24) is 4.98 Å². The van der Waals surface area contributed by atoms with Crippen LogP contribution in [0.15, 0.2) is 77.9 Å². The molecule has 4 aromatic rings. The molecule has 0 aliphatic rings. The first-order chi connectivity index (χ1) is 15.6. The van der Waals surface area contributed by atoms with Crippen LogP contribution >= 0.6 is 0 Å². The molecule has 0 atom stereocenters. The van der Waals surface area contributed by atoms with Crippen LogP contribution < -0.4 is 25.3 Å². The highest BCUT2D eigenvalue weighted by atomic mass is 16.5. The fraction of sp³-hybridized carbons (Fsp3) is 0.120. The lowest BCUT2D eigenvalue weighted by molar-refractivity contribution is 0.355. The summed E-state index contributed by atoms with van der Waals surface area (Å²) < 4.78 is 17.0. The molecule has 7 heteroatoms. The Balaban J connectivity index is 1.68. The number of para-hydroxylation sites is 1. The molecule has 7 nitrogen and oxygen atoms in total. The van der Waals surface area contributed by atoms with E-state index in [0.717, 1.165) is 27.8 Å². The minimum Gasteiger partial charge on any atom is -0.493 e. The predicted molar refractivity (Wildman–Crippen MR) is 128 cm³/mol. The van der Waals surface area contributed by atoms with E-state index in [2.05, 4.69) is 15.3 Å². The van der Waals surface area contributed by atoms with Crippen LogP contribution in [0, 0.1) is 0 Å². The lowest BCUT2D eigenvalue weighted by Gasteiger charge is -2.14. The van der Waals surface area contributed by atoms with Gasteiger partial charge < -0.3 is 25.3 Å². The van der Waals surface area contributed by atoms with Crippen LogP contribution in [0.1, 0.15) is 5.56 Å². The molecule has 0 fully saturated rings. The number of anilines is 1. The molecular weight excluding hydrogens is 404 g/mol. The van der Waals surface area contributed by atoms with Gasteiger partial charge in [-0.3, -0.25) is 4.98 Å². The van der Waals surface area contributed by atoms with Crippen LogP contribution in [0.4, 0.5) is 11.4 Å². The molecule has 4 rings (SSSR count). The first kappa shape index (κ1) is 21.0. The van der Waals surface area contributed by atoms with E-state index in [9.17, 15) is 0 Å². The molecule has 3 aromatic carbocycles. The number of aliphatic imine (C=N–C) groups is 1. The maximum Gasteiger partial charge on any atom is 0.162 e. The summed E-state index contributed by atoms with van der Waals surface area (Å²) in [5.41, 5.74) is 9.40. The van der Waals surface area contributed by atoms with Crippen molar-refractivity contribution in [2.24, 2.45) is 10.7 Å². The third-order valence-electron chi connectivity index (χ3n) is 4.98. The van der Waals surface area contributed by atoms with Crippen molar-refractivity contribution >= 4 is 28.1 Å². The predicted octanol–water partition coefficient (Wildman–Crippen LogP) is 5.12. The Morgan fingerprint density at radius 1 is 0.906 bits per heavy atom. The highest BCUT2D eigenvalue weighted by Gasteiger charge is 2.13. The molecule has 32 heavy (non-hydrogen) atoms. The van der Waals surface area contributed by atoms with Crippen LogP contribution in [-0.2, 0) is 0 Å². The summed E-state index contributed by atoms with van der Waals surface area (Å²) in [5.74, 6) is 2.93. The number of benzene rings is 3. The normalized spacial score (nSPS) is 11.3. The molecule has 162 valence electrons. The van der Waals surface area contributed by atoms with Crippen molar-refractivity contribution in [3.63, 3.8) is 0 Å². The number of fused-ring (bicyclic) bond motifs is 1. The van der Waals surface area contributed by atoms with Gasteiger partial charge in [0.2, 0.25) is 0 Å². The summed E-state index contributed by atoms with van der Waals surface area (Å²) in [7, 11) is 5.02. The number of methoxy groups -OCH3 is 2. The van der Waals surface area contributed by atoms with Crippen LogP contribution in [-0.4, -0.2) is 32.1 Å². The maximum absolute atomic E-state index is 6.27. The van der Waals surface area contributed by atoms with E-state index in [-0.39, 0.29) is 0 Å². The second kappa shape index (κ2) is 9.26. The second-order valence-electron chi connectivity index (χ2n) is 6.93. The number of ether oxygens (including phenoxy) is 3. The summed E-state index contributed by atoms with van der Waals surface area (Å²) in [6, 6.07) is 20.7. The Morgan fingerprint density at radius 3 is 2.38 bits per heavy atom. The number of nitrogens with two attached hydrogens (primary N) is 1. The number of nitrogens with zero attached hydrogens (tertiary/aromatic N) is 2. The number of pyridine rings is 1. The first-order valence-electron chi connectivity index (χ1n) is 10.0. The molecule has 0 saturated carbocycles. The van der Waals surface area contributed by atoms with Gasteiger partial charge in [-0.15, -0.1) is 0 Å². The number of aromatic nitrogens is 1. The fourth-order valence-corrected chi connectivity index (χ4v) is 3.38. The Kier molecular flexibility index (Phi) is 6.07. The van der Waals surface area contributed by atoms with Gasteiger partial charge >= 0.3 is 0 Å². The molecule has 1 heterocycles. The summed E-state index contributed by atoms with van der Waals surface area (Å²) in [5, 5.41) is 3.98. The van der Waals surface area contributed by atoms with Crippen LogP contribution in [0.3, 0.4) is 0 Å². The summed E-state index contributed by atoms with van der Waals surface area (Å²) >= 11 is 0. The van der Waals surface area contributed by atoms with Crippen molar-refractivity contribution in [1.29, 1.82) is 0 Å². The minimum atomic E-state index is 0.415. The molecule has 0 unspecified atom stereocenters. The van der Waals surface area contributed by atoms with E-state index >= 15 is 0 Å². The number of amidine groups is 1. The van der Waals surface area contributed by atoms with E-state index in [1.165, 1.54) is 0 Å². The molecule has 1 aromatic heterocycles. The summed E-state index contributed by atoms with van der Waals surface area (Å²) in [6.45, 7) is 0. The summed E-state index contributed by atoms with van der Waals surface area (Å²) in [6.07, 6.45) is 1.70. The van der Waals surface area contributed by atoms with Crippen molar-refractivity contribution in [3.05, 3.63) is 78.5 Å². The van der Waals surface area contributed by atoms with E-state index < -0.39 is 0 Å². The molecule has 0 radical (unpaired) electrons. The van der Waals surface area contributed by atoms with Gasteiger partial charge in [0.05, 0.1) is 25.4 Å². The highest BCUT2D eigenvalue weighted by Crippen LogP contribution is 2.37. The van der Waals surface area contributed by atoms with Crippen molar-refractivity contribution < 1.29 is 14.2 Å². The Morgan fingerprint density at radius 2 is 1.66 bits per heavy atom. The van der Waals surface area contributed by atoms with Crippen molar-refractivity contribution in [2.45, 2.75) is 0 Å². The van der Waals surface area contributed by atoms with Gasteiger partial charge in [0.15, 0.2) is 11.5 Å². The van der Waals surface area contributed by atoms with Gasteiger partial charge in [0.1, 0.15) is 17.3 Å². The van der Waals surface area contributed by atoms with E-state index in [0.29, 0.717) is 28.8 Å². The Labute approximate surface area is 186 Å². The zero-order chi connectivity index (χ0) is 22.5.